The molecule has 1 saturated heterocycles. The van der Waals surface area contributed by atoms with Gasteiger partial charge in [-0.25, -0.2) is 14.8 Å². The topological polar surface area (TPSA) is 169 Å². The summed E-state index contributed by atoms with van der Waals surface area (Å²) in [5, 5.41) is 8.30. The van der Waals surface area contributed by atoms with Crippen LogP contribution < -0.4 is 16.0 Å². The molecule has 2 aromatic rings. The van der Waals surface area contributed by atoms with Crippen molar-refractivity contribution in [3.63, 3.8) is 0 Å². The number of carbonyl (C=O) groups is 5. The number of nitrogens with one attached hydrogen (secondary N) is 3. The van der Waals surface area contributed by atoms with Gasteiger partial charge in [0.2, 0.25) is 5.91 Å². The number of benzene rings is 1. The SMILES string of the molecule is CCOC(=O)CNC(=O)C1CCCN1C(=O)/C(=C/Nc1nc(SC)ncc1C(=O)OCC)NC(=O)c1ccccc1. The van der Waals surface area contributed by atoms with Crippen LogP contribution in [0.5, 0.6) is 0 Å². The van der Waals surface area contributed by atoms with E-state index in [9.17, 15) is 24.0 Å². The lowest BCUT2D eigenvalue weighted by atomic mass is 10.2. The molecule has 0 spiro atoms. The largest absolute Gasteiger partial charge is 0.465 e. The highest BCUT2D eigenvalue weighted by Crippen LogP contribution is 2.21. The molecule has 0 saturated carbocycles. The maximum absolute atomic E-state index is 13.7. The monoisotopic (exact) mass is 584 g/mol. The number of carbonyl (C=O) groups excluding carboxylic acids is 5. The average Bonchev–Trinajstić information content (AvgIpc) is 3.48. The van der Waals surface area contributed by atoms with Crippen LogP contribution in [-0.2, 0) is 23.9 Å². The van der Waals surface area contributed by atoms with Crippen molar-refractivity contribution < 1.29 is 33.4 Å². The highest BCUT2D eigenvalue weighted by molar-refractivity contribution is 7.98. The van der Waals surface area contributed by atoms with E-state index in [2.05, 4.69) is 25.9 Å². The number of nitrogens with zero attached hydrogens (tertiary/aromatic N) is 3. The van der Waals surface area contributed by atoms with Crippen molar-refractivity contribution >= 4 is 47.2 Å². The van der Waals surface area contributed by atoms with Crippen molar-refractivity contribution in [3.8, 4) is 0 Å². The van der Waals surface area contributed by atoms with Gasteiger partial charge >= 0.3 is 11.9 Å². The second-order valence-electron chi connectivity index (χ2n) is 8.54. The highest BCUT2D eigenvalue weighted by Gasteiger charge is 2.36. The van der Waals surface area contributed by atoms with Gasteiger partial charge in [-0.1, -0.05) is 30.0 Å². The van der Waals surface area contributed by atoms with Crippen molar-refractivity contribution in [3.05, 3.63) is 59.6 Å². The van der Waals surface area contributed by atoms with Gasteiger partial charge in [-0.05, 0) is 45.1 Å². The molecule has 41 heavy (non-hydrogen) atoms. The zero-order chi connectivity index (χ0) is 29.8. The minimum Gasteiger partial charge on any atom is -0.465 e. The molecule has 1 unspecified atom stereocenters. The summed E-state index contributed by atoms with van der Waals surface area (Å²) in [6.45, 7) is 3.53. The molecule has 1 aliphatic rings. The lowest BCUT2D eigenvalue weighted by Gasteiger charge is -2.25. The van der Waals surface area contributed by atoms with Gasteiger partial charge in [0.25, 0.3) is 11.8 Å². The van der Waals surface area contributed by atoms with Crippen molar-refractivity contribution in [1.29, 1.82) is 0 Å². The molecule has 1 fully saturated rings. The molecule has 1 atom stereocenters. The third-order valence-corrected chi connectivity index (χ3v) is 6.40. The van der Waals surface area contributed by atoms with E-state index in [0.29, 0.717) is 23.6 Å². The number of rotatable bonds is 12. The van der Waals surface area contributed by atoms with E-state index in [4.69, 9.17) is 9.47 Å². The predicted molar refractivity (Wildman–Crippen MR) is 150 cm³/mol. The summed E-state index contributed by atoms with van der Waals surface area (Å²) >= 11 is 1.24. The summed E-state index contributed by atoms with van der Waals surface area (Å²) in [6, 6.07) is 7.41. The van der Waals surface area contributed by atoms with Crippen LogP contribution in [0.1, 0.15) is 47.4 Å². The quantitative estimate of drug-likeness (QED) is 0.144. The van der Waals surface area contributed by atoms with Crippen molar-refractivity contribution in [1.82, 2.24) is 25.5 Å². The molecule has 3 amide bonds. The second kappa shape index (κ2) is 15.4. The third-order valence-electron chi connectivity index (χ3n) is 5.84. The van der Waals surface area contributed by atoms with Crippen LogP contribution in [0, 0.1) is 0 Å². The number of hydrogen-bond acceptors (Lipinski definition) is 11. The predicted octanol–water partition coefficient (Wildman–Crippen LogP) is 1.73. The van der Waals surface area contributed by atoms with E-state index in [1.807, 2.05) is 0 Å². The second-order valence-corrected chi connectivity index (χ2v) is 9.31. The van der Waals surface area contributed by atoms with Gasteiger partial charge in [0.15, 0.2) is 5.16 Å². The maximum Gasteiger partial charge on any atom is 0.343 e. The molecule has 1 aromatic heterocycles. The van der Waals surface area contributed by atoms with Crippen LogP contribution in [0.2, 0.25) is 0 Å². The van der Waals surface area contributed by atoms with E-state index < -0.39 is 35.7 Å². The van der Waals surface area contributed by atoms with Crippen molar-refractivity contribution in [2.24, 2.45) is 0 Å². The van der Waals surface area contributed by atoms with Gasteiger partial charge < -0.3 is 30.3 Å². The molecular formula is C27H32N6O7S. The Labute approximate surface area is 241 Å². The Balaban J connectivity index is 1.91. The normalized spacial score (nSPS) is 14.7. The molecule has 218 valence electrons. The van der Waals surface area contributed by atoms with E-state index >= 15 is 0 Å². The fourth-order valence-corrected chi connectivity index (χ4v) is 4.27. The number of likely N-dealkylation sites (tertiary alicyclic amines) is 1. The molecule has 2 heterocycles. The summed E-state index contributed by atoms with van der Waals surface area (Å²) in [7, 11) is 0. The van der Waals surface area contributed by atoms with E-state index in [1.54, 1.807) is 50.4 Å². The minimum absolute atomic E-state index is 0.0273. The zero-order valence-electron chi connectivity index (χ0n) is 23.0. The Morgan fingerprint density at radius 3 is 2.51 bits per heavy atom. The lowest BCUT2D eigenvalue weighted by Crippen LogP contribution is -2.49. The van der Waals surface area contributed by atoms with Gasteiger partial charge in [0, 0.05) is 24.5 Å². The summed E-state index contributed by atoms with van der Waals surface area (Å²) in [6.07, 6.45) is 5.18. The Morgan fingerprint density at radius 2 is 1.83 bits per heavy atom. The van der Waals surface area contributed by atoms with Crippen LogP contribution >= 0.6 is 11.8 Å². The van der Waals surface area contributed by atoms with Gasteiger partial charge in [-0.3, -0.25) is 19.2 Å². The Morgan fingerprint density at radius 1 is 1.10 bits per heavy atom. The standard InChI is InChI=1S/C27H32N6O7S/c1-4-39-21(34)16-29-24(36)20-12-9-13-33(20)25(37)19(31-23(35)17-10-7-6-8-11-17)15-28-22-18(26(38)40-5-2)14-30-27(32-22)41-3/h6-8,10-11,14-15,20H,4-5,9,12-13,16H2,1-3H3,(H,29,36)(H,31,35)(H,28,30,32)/b19-15-. The lowest BCUT2D eigenvalue weighted by molar-refractivity contribution is -0.144. The Hall–Kier alpha value is -4.46. The molecule has 1 aromatic carbocycles. The number of amides is 3. The first-order valence-corrected chi connectivity index (χ1v) is 14.2. The van der Waals surface area contributed by atoms with E-state index in [1.165, 1.54) is 29.1 Å². The molecular weight excluding hydrogens is 552 g/mol. The van der Waals surface area contributed by atoms with Crippen LogP contribution in [0.15, 0.2) is 53.6 Å². The summed E-state index contributed by atoms with van der Waals surface area (Å²) < 4.78 is 9.93. The van der Waals surface area contributed by atoms with Crippen molar-refractivity contribution in [2.45, 2.75) is 37.9 Å². The molecule has 0 radical (unpaired) electrons. The van der Waals surface area contributed by atoms with E-state index in [-0.39, 0.29) is 43.4 Å². The van der Waals surface area contributed by atoms with Crippen LogP contribution in [0.25, 0.3) is 0 Å². The molecule has 3 rings (SSSR count). The van der Waals surface area contributed by atoms with Gasteiger partial charge in [-0.2, -0.15) is 0 Å². The first-order chi connectivity index (χ1) is 19.8. The zero-order valence-corrected chi connectivity index (χ0v) is 23.8. The highest BCUT2D eigenvalue weighted by atomic mass is 32.2. The molecule has 0 aliphatic carbocycles. The number of ether oxygens (including phenoxy) is 2. The molecule has 14 heteroatoms. The van der Waals surface area contributed by atoms with E-state index in [0.717, 1.165) is 0 Å². The fourth-order valence-electron chi connectivity index (χ4n) is 3.93. The molecule has 3 N–H and O–H groups in total. The first kappa shape index (κ1) is 31.1. The van der Waals surface area contributed by atoms with Gasteiger partial charge in [0.1, 0.15) is 29.7 Å². The molecule has 1 aliphatic heterocycles. The fraction of sp³-hybridized carbons (Fsp3) is 0.370. The maximum atomic E-state index is 13.7. The molecule has 0 bridgehead atoms. The minimum atomic E-state index is -0.869. The summed E-state index contributed by atoms with van der Waals surface area (Å²) in [4.78, 5) is 73.5. The Kier molecular flexibility index (Phi) is 11.6. The van der Waals surface area contributed by atoms with Crippen LogP contribution in [0.3, 0.4) is 0 Å². The smallest absolute Gasteiger partial charge is 0.343 e. The number of esters is 2. The Bertz CT molecular complexity index is 1300. The van der Waals surface area contributed by atoms with Crippen LogP contribution in [-0.4, -0.2) is 83.1 Å². The van der Waals surface area contributed by atoms with Crippen LogP contribution in [0.4, 0.5) is 5.82 Å². The van der Waals surface area contributed by atoms with Gasteiger partial charge in [0.05, 0.1) is 13.2 Å². The summed E-state index contributed by atoms with van der Waals surface area (Å²) in [5.41, 5.74) is 0.137. The first-order valence-electron chi connectivity index (χ1n) is 12.9. The third kappa shape index (κ3) is 8.51. The number of thioether (sulfide) groups is 1. The van der Waals surface area contributed by atoms with Crippen molar-refractivity contribution in [2.75, 3.05) is 37.9 Å². The number of anilines is 1. The van der Waals surface area contributed by atoms with Gasteiger partial charge in [-0.15, -0.1) is 0 Å². The number of hydrogen-bond donors (Lipinski definition) is 3. The molecule has 13 nitrogen and oxygen atoms in total. The average molecular weight is 585 g/mol. The summed E-state index contributed by atoms with van der Waals surface area (Å²) in [5.74, 6) is -2.93. The number of aromatic nitrogens is 2.